The van der Waals surface area contributed by atoms with Gasteiger partial charge in [-0.05, 0) is 38.2 Å². The van der Waals surface area contributed by atoms with E-state index in [9.17, 15) is 0 Å². The topological polar surface area (TPSA) is 88.5 Å². The first-order valence-electron chi connectivity index (χ1n) is 12.3. The van der Waals surface area contributed by atoms with Gasteiger partial charge >= 0.3 is 0 Å². The molecule has 1 saturated heterocycles. The number of rotatable bonds is 5. The molecule has 0 radical (unpaired) electrons. The number of likely N-dealkylation sites (N-methyl/N-ethyl adjacent to an activating group) is 1. The van der Waals surface area contributed by atoms with Crippen LogP contribution in [-0.4, -0.2) is 72.0 Å². The van der Waals surface area contributed by atoms with E-state index in [4.69, 9.17) is 9.47 Å². The van der Waals surface area contributed by atoms with Crippen LogP contribution in [0.2, 0.25) is 0 Å². The third kappa shape index (κ3) is 4.20. The Morgan fingerprint density at radius 1 is 0.971 bits per heavy atom. The minimum Gasteiger partial charge on any atom is -0.488 e. The molecule has 9 heteroatoms. The van der Waals surface area contributed by atoms with E-state index in [1.165, 1.54) is 5.56 Å². The molecule has 0 amide bonds. The molecule has 0 atom stereocenters. The SMILES string of the molecule is CN1CCc2c(N[C@H]3CC[C@@H](Oc4cc(N5CCOCC5)cc5nccnc45)CC3)ncnc21. The average Bonchev–Trinajstić information content (AvgIpc) is 3.27. The summed E-state index contributed by atoms with van der Waals surface area (Å²) < 4.78 is 12.1. The van der Waals surface area contributed by atoms with Crippen LogP contribution in [-0.2, 0) is 11.2 Å². The third-order valence-corrected chi connectivity index (χ3v) is 7.19. The van der Waals surface area contributed by atoms with Crippen molar-refractivity contribution in [2.45, 2.75) is 44.2 Å². The van der Waals surface area contributed by atoms with E-state index in [-0.39, 0.29) is 6.10 Å². The van der Waals surface area contributed by atoms with Crippen molar-refractivity contribution in [3.8, 4) is 5.75 Å². The van der Waals surface area contributed by atoms with Crippen LogP contribution >= 0.6 is 0 Å². The van der Waals surface area contributed by atoms with Crippen LogP contribution in [0.1, 0.15) is 31.2 Å². The Kier molecular flexibility index (Phi) is 5.78. The molecule has 1 N–H and O–H groups in total. The quantitative estimate of drug-likeness (QED) is 0.616. The molecule has 2 aromatic heterocycles. The molecule has 2 aliphatic heterocycles. The molecule has 1 aliphatic carbocycles. The summed E-state index contributed by atoms with van der Waals surface area (Å²) in [6.45, 7) is 4.26. The second-order valence-electron chi connectivity index (χ2n) is 9.40. The Hall–Kier alpha value is -3.20. The van der Waals surface area contributed by atoms with E-state index in [1.807, 2.05) is 0 Å². The fourth-order valence-electron chi connectivity index (χ4n) is 5.29. The number of nitrogens with one attached hydrogen (secondary N) is 1. The molecule has 0 bridgehead atoms. The van der Waals surface area contributed by atoms with Crippen LogP contribution in [0, 0.1) is 0 Å². The van der Waals surface area contributed by atoms with Crippen molar-refractivity contribution in [3.63, 3.8) is 0 Å². The first-order valence-corrected chi connectivity index (χ1v) is 12.3. The van der Waals surface area contributed by atoms with Crippen molar-refractivity contribution in [2.75, 3.05) is 55.0 Å². The minimum atomic E-state index is 0.172. The van der Waals surface area contributed by atoms with Crippen LogP contribution < -0.4 is 19.9 Å². The molecule has 0 spiro atoms. The third-order valence-electron chi connectivity index (χ3n) is 7.19. The maximum absolute atomic E-state index is 6.57. The highest BCUT2D eigenvalue weighted by atomic mass is 16.5. The van der Waals surface area contributed by atoms with Gasteiger partial charge in [0.2, 0.25) is 0 Å². The Bertz CT molecular complexity index is 1160. The number of morpholine rings is 1. The molecule has 2 fully saturated rings. The number of hydrogen-bond acceptors (Lipinski definition) is 9. The van der Waals surface area contributed by atoms with Crippen LogP contribution in [0.3, 0.4) is 0 Å². The van der Waals surface area contributed by atoms with Gasteiger partial charge in [0, 0.05) is 62.4 Å². The van der Waals surface area contributed by atoms with E-state index >= 15 is 0 Å². The molecule has 3 aromatic rings. The second kappa shape index (κ2) is 9.21. The largest absolute Gasteiger partial charge is 0.488 e. The molecular weight excluding hydrogens is 430 g/mol. The molecule has 4 heterocycles. The van der Waals surface area contributed by atoms with Crippen molar-refractivity contribution in [1.29, 1.82) is 0 Å². The van der Waals surface area contributed by atoms with Gasteiger partial charge < -0.3 is 24.6 Å². The normalized spacial score (nSPS) is 22.6. The summed E-state index contributed by atoms with van der Waals surface area (Å²) in [4.78, 5) is 22.7. The number of hydrogen-bond donors (Lipinski definition) is 1. The number of fused-ring (bicyclic) bond motifs is 2. The maximum Gasteiger partial charge on any atom is 0.149 e. The van der Waals surface area contributed by atoms with Gasteiger partial charge in [0.15, 0.2) is 0 Å². The minimum absolute atomic E-state index is 0.172. The monoisotopic (exact) mass is 461 g/mol. The fraction of sp³-hybridized carbons (Fsp3) is 0.520. The van der Waals surface area contributed by atoms with Gasteiger partial charge in [-0.15, -0.1) is 0 Å². The zero-order valence-electron chi connectivity index (χ0n) is 19.6. The van der Waals surface area contributed by atoms with E-state index in [1.54, 1.807) is 18.7 Å². The predicted octanol–water partition coefficient (Wildman–Crippen LogP) is 3.05. The lowest BCUT2D eigenvalue weighted by atomic mass is 9.92. The highest BCUT2D eigenvalue weighted by molar-refractivity contribution is 5.85. The van der Waals surface area contributed by atoms with E-state index in [2.05, 4.69) is 54.2 Å². The van der Waals surface area contributed by atoms with Crippen LogP contribution in [0.5, 0.6) is 5.75 Å². The Balaban J connectivity index is 1.14. The van der Waals surface area contributed by atoms with Gasteiger partial charge in [-0.3, -0.25) is 4.98 Å². The van der Waals surface area contributed by atoms with E-state index in [0.717, 1.165) is 99.1 Å². The zero-order valence-corrected chi connectivity index (χ0v) is 19.6. The Labute approximate surface area is 199 Å². The summed E-state index contributed by atoms with van der Waals surface area (Å²) in [5.74, 6) is 2.89. The number of nitrogens with zero attached hydrogens (tertiary/aromatic N) is 6. The molecule has 6 rings (SSSR count). The summed E-state index contributed by atoms with van der Waals surface area (Å²) in [7, 11) is 2.09. The van der Waals surface area contributed by atoms with Gasteiger partial charge in [-0.2, -0.15) is 0 Å². The van der Waals surface area contributed by atoms with Crippen molar-refractivity contribution < 1.29 is 9.47 Å². The predicted molar refractivity (Wildman–Crippen MR) is 132 cm³/mol. The summed E-state index contributed by atoms with van der Waals surface area (Å²) in [5, 5.41) is 3.69. The highest BCUT2D eigenvalue weighted by Gasteiger charge is 2.27. The number of ether oxygens (including phenoxy) is 2. The lowest BCUT2D eigenvalue weighted by molar-refractivity contribution is 0.122. The number of aromatic nitrogens is 4. The molecule has 1 aromatic carbocycles. The first-order chi connectivity index (χ1) is 16.7. The molecule has 178 valence electrons. The van der Waals surface area contributed by atoms with Crippen molar-refractivity contribution in [2.24, 2.45) is 0 Å². The summed E-state index contributed by atoms with van der Waals surface area (Å²) in [6, 6.07) is 4.65. The van der Waals surface area contributed by atoms with Gasteiger partial charge in [0.1, 0.15) is 29.2 Å². The molecule has 3 aliphatic rings. The fourth-order valence-corrected chi connectivity index (χ4v) is 5.29. The van der Waals surface area contributed by atoms with Crippen molar-refractivity contribution in [3.05, 3.63) is 36.4 Å². The molecule has 0 unspecified atom stereocenters. The molecule has 9 nitrogen and oxygen atoms in total. The van der Waals surface area contributed by atoms with Gasteiger partial charge in [-0.25, -0.2) is 15.0 Å². The van der Waals surface area contributed by atoms with E-state index < -0.39 is 0 Å². The lowest BCUT2D eigenvalue weighted by Crippen LogP contribution is -2.36. The molecule has 1 saturated carbocycles. The highest BCUT2D eigenvalue weighted by Crippen LogP contribution is 2.34. The van der Waals surface area contributed by atoms with Crippen molar-refractivity contribution in [1.82, 2.24) is 19.9 Å². The van der Waals surface area contributed by atoms with E-state index in [0.29, 0.717) is 6.04 Å². The molecular formula is C25H31N7O2. The summed E-state index contributed by atoms with van der Waals surface area (Å²) in [5.41, 5.74) is 4.08. The van der Waals surface area contributed by atoms with Gasteiger partial charge in [0.05, 0.1) is 24.8 Å². The Morgan fingerprint density at radius 2 is 1.79 bits per heavy atom. The lowest BCUT2D eigenvalue weighted by Gasteiger charge is -2.31. The second-order valence-corrected chi connectivity index (χ2v) is 9.40. The van der Waals surface area contributed by atoms with Crippen molar-refractivity contribution >= 4 is 28.4 Å². The first kappa shape index (κ1) is 21.3. The summed E-state index contributed by atoms with van der Waals surface area (Å²) >= 11 is 0. The molecule has 34 heavy (non-hydrogen) atoms. The number of benzene rings is 1. The maximum atomic E-state index is 6.57. The van der Waals surface area contributed by atoms with Crippen LogP contribution in [0.15, 0.2) is 30.9 Å². The standard InChI is InChI=1S/C25H31N7O2/c1-31-9-6-20-24(28-16-29-25(20)31)30-17-2-4-19(5-3-17)34-22-15-18(32-10-12-33-13-11-32)14-21-23(22)27-8-7-26-21/h7-8,14-17,19H,2-6,9-13H2,1H3,(H,28,29,30)/t17-,19+. The summed E-state index contributed by atoms with van der Waals surface area (Å²) in [6.07, 6.45) is 10.4. The zero-order chi connectivity index (χ0) is 22.9. The smallest absolute Gasteiger partial charge is 0.149 e. The number of anilines is 3. The van der Waals surface area contributed by atoms with Crippen LogP contribution in [0.25, 0.3) is 11.0 Å². The van der Waals surface area contributed by atoms with Gasteiger partial charge in [-0.1, -0.05) is 0 Å². The van der Waals surface area contributed by atoms with Crippen LogP contribution in [0.4, 0.5) is 17.3 Å². The average molecular weight is 462 g/mol. The van der Waals surface area contributed by atoms with Gasteiger partial charge in [0.25, 0.3) is 0 Å². The Morgan fingerprint density at radius 3 is 2.65 bits per heavy atom.